The molecule has 0 heterocycles. The van der Waals surface area contributed by atoms with Gasteiger partial charge in [-0.15, -0.1) is 0 Å². The molecule has 27 heavy (non-hydrogen) atoms. The van der Waals surface area contributed by atoms with Gasteiger partial charge in [-0.3, -0.25) is 0 Å². The topological polar surface area (TPSA) is 9.23 Å². The fourth-order valence-corrected chi connectivity index (χ4v) is 3.86. The maximum absolute atomic E-state index is 5.69. The summed E-state index contributed by atoms with van der Waals surface area (Å²) in [4.78, 5) is 0. The van der Waals surface area contributed by atoms with E-state index in [1.807, 2.05) is 0 Å². The van der Waals surface area contributed by atoms with Crippen molar-refractivity contribution in [1.82, 2.24) is 0 Å². The fourth-order valence-electron chi connectivity index (χ4n) is 3.86. The van der Waals surface area contributed by atoms with Gasteiger partial charge in [0.25, 0.3) is 0 Å². The smallest absolute Gasteiger partial charge is 0.119 e. The summed E-state index contributed by atoms with van der Waals surface area (Å²) in [7, 11) is 0. The maximum Gasteiger partial charge on any atom is 0.119 e. The van der Waals surface area contributed by atoms with E-state index in [2.05, 4.69) is 74.2 Å². The standard InChI is InChI=1S/C26H32O/c1-3-5-21-6-8-22(9-7-21)10-11-23-12-14-24(15-13-23)25-16-18-26(19-17-25)27-20-4-2/h6-9,16-19,23-24H,3-5,12-15,20H2,1-2H3/t23-,24-. The Bertz CT molecular complexity index is 738. The Labute approximate surface area is 165 Å². The van der Waals surface area contributed by atoms with Crippen LogP contribution in [0.1, 0.15) is 75.0 Å². The van der Waals surface area contributed by atoms with Crippen LogP contribution in [0.3, 0.4) is 0 Å². The van der Waals surface area contributed by atoms with E-state index < -0.39 is 0 Å². The van der Waals surface area contributed by atoms with Crippen LogP contribution in [0.2, 0.25) is 0 Å². The minimum absolute atomic E-state index is 0.545. The van der Waals surface area contributed by atoms with E-state index in [4.69, 9.17) is 4.74 Å². The number of rotatable bonds is 6. The van der Waals surface area contributed by atoms with Crippen molar-refractivity contribution < 1.29 is 4.74 Å². The van der Waals surface area contributed by atoms with Crippen LogP contribution in [-0.4, -0.2) is 6.61 Å². The number of hydrogen-bond donors (Lipinski definition) is 0. The first-order chi connectivity index (χ1) is 13.3. The van der Waals surface area contributed by atoms with Crippen molar-refractivity contribution >= 4 is 0 Å². The van der Waals surface area contributed by atoms with Gasteiger partial charge in [-0.25, -0.2) is 0 Å². The van der Waals surface area contributed by atoms with Crippen molar-refractivity contribution in [2.45, 2.75) is 64.7 Å². The van der Waals surface area contributed by atoms with Gasteiger partial charge >= 0.3 is 0 Å². The molecule has 1 fully saturated rings. The largest absolute Gasteiger partial charge is 0.494 e. The lowest BCUT2D eigenvalue weighted by Crippen LogP contribution is -2.12. The summed E-state index contributed by atoms with van der Waals surface area (Å²) in [6.07, 6.45) is 8.30. The molecule has 0 spiro atoms. The van der Waals surface area contributed by atoms with Crippen LogP contribution < -0.4 is 4.74 Å². The third-order valence-electron chi connectivity index (χ3n) is 5.46. The van der Waals surface area contributed by atoms with Gasteiger partial charge in [0.1, 0.15) is 5.75 Å². The molecule has 0 amide bonds. The van der Waals surface area contributed by atoms with E-state index in [1.54, 1.807) is 0 Å². The summed E-state index contributed by atoms with van der Waals surface area (Å²) in [5.41, 5.74) is 4.02. The second kappa shape index (κ2) is 10.2. The molecule has 2 aromatic rings. The molecule has 0 saturated heterocycles. The molecule has 2 aromatic carbocycles. The molecule has 142 valence electrons. The van der Waals surface area contributed by atoms with Crippen molar-refractivity contribution in [2.75, 3.05) is 6.61 Å². The molecular weight excluding hydrogens is 328 g/mol. The Kier molecular flexibility index (Phi) is 7.40. The summed E-state index contributed by atoms with van der Waals surface area (Å²) < 4.78 is 5.69. The van der Waals surface area contributed by atoms with Gasteiger partial charge in [0.05, 0.1) is 6.61 Å². The Balaban J connectivity index is 1.50. The predicted molar refractivity (Wildman–Crippen MR) is 114 cm³/mol. The van der Waals surface area contributed by atoms with Crippen LogP contribution >= 0.6 is 0 Å². The van der Waals surface area contributed by atoms with Crippen molar-refractivity contribution in [1.29, 1.82) is 0 Å². The lowest BCUT2D eigenvalue weighted by atomic mass is 9.79. The number of ether oxygens (including phenoxy) is 1. The number of hydrogen-bond acceptors (Lipinski definition) is 1. The van der Waals surface area contributed by atoms with E-state index in [-0.39, 0.29) is 0 Å². The summed E-state index contributed by atoms with van der Waals surface area (Å²) in [6.45, 7) is 5.15. The highest BCUT2D eigenvalue weighted by atomic mass is 16.5. The van der Waals surface area contributed by atoms with Gasteiger partial charge in [-0.2, -0.15) is 0 Å². The molecule has 0 atom stereocenters. The average molecular weight is 361 g/mol. The van der Waals surface area contributed by atoms with Crippen LogP contribution in [0.15, 0.2) is 48.5 Å². The lowest BCUT2D eigenvalue weighted by Gasteiger charge is -2.26. The molecule has 0 aromatic heterocycles. The van der Waals surface area contributed by atoms with E-state index in [0.29, 0.717) is 11.8 Å². The van der Waals surface area contributed by atoms with Crippen LogP contribution in [0.4, 0.5) is 0 Å². The van der Waals surface area contributed by atoms with E-state index >= 15 is 0 Å². The highest BCUT2D eigenvalue weighted by molar-refractivity contribution is 5.37. The van der Waals surface area contributed by atoms with Gasteiger partial charge < -0.3 is 4.74 Å². The predicted octanol–water partition coefficient (Wildman–Crippen LogP) is 6.75. The Morgan fingerprint density at radius 3 is 2.19 bits per heavy atom. The second-order valence-corrected chi connectivity index (χ2v) is 7.68. The van der Waals surface area contributed by atoms with Gasteiger partial charge in [-0.1, -0.05) is 56.4 Å². The van der Waals surface area contributed by atoms with Crippen LogP contribution in [0, 0.1) is 17.8 Å². The molecule has 0 N–H and O–H groups in total. The Hall–Kier alpha value is -2.20. The molecule has 1 heteroatoms. The van der Waals surface area contributed by atoms with Crippen molar-refractivity contribution in [3.05, 3.63) is 65.2 Å². The summed E-state index contributed by atoms with van der Waals surface area (Å²) >= 11 is 0. The monoisotopic (exact) mass is 360 g/mol. The van der Waals surface area contributed by atoms with E-state index in [9.17, 15) is 0 Å². The molecule has 1 aliphatic carbocycles. The molecular formula is C26H32O. The van der Waals surface area contributed by atoms with Gasteiger partial charge in [0, 0.05) is 11.5 Å². The van der Waals surface area contributed by atoms with Crippen molar-refractivity contribution in [3.8, 4) is 17.6 Å². The third-order valence-corrected chi connectivity index (χ3v) is 5.46. The minimum atomic E-state index is 0.545. The van der Waals surface area contributed by atoms with Crippen molar-refractivity contribution in [3.63, 3.8) is 0 Å². The van der Waals surface area contributed by atoms with E-state index in [1.165, 1.54) is 43.2 Å². The average Bonchev–Trinajstić information content (AvgIpc) is 2.73. The molecule has 3 rings (SSSR count). The molecule has 0 aliphatic heterocycles. The fraction of sp³-hybridized carbons (Fsp3) is 0.462. The van der Waals surface area contributed by atoms with Gasteiger partial charge in [0.15, 0.2) is 0 Å². The van der Waals surface area contributed by atoms with E-state index in [0.717, 1.165) is 30.8 Å². The zero-order valence-corrected chi connectivity index (χ0v) is 16.8. The number of aryl methyl sites for hydroxylation is 1. The van der Waals surface area contributed by atoms with Crippen LogP contribution in [0.25, 0.3) is 0 Å². The first-order valence-corrected chi connectivity index (χ1v) is 10.6. The Morgan fingerprint density at radius 1 is 0.852 bits per heavy atom. The molecule has 1 saturated carbocycles. The molecule has 0 bridgehead atoms. The highest BCUT2D eigenvalue weighted by Gasteiger charge is 2.21. The summed E-state index contributed by atoms with van der Waals surface area (Å²) in [5, 5.41) is 0. The maximum atomic E-state index is 5.69. The highest BCUT2D eigenvalue weighted by Crippen LogP contribution is 2.36. The zero-order chi connectivity index (χ0) is 18.9. The normalized spacial score (nSPS) is 19.2. The van der Waals surface area contributed by atoms with Gasteiger partial charge in [0.2, 0.25) is 0 Å². The summed E-state index contributed by atoms with van der Waals surface area (Å²) in [6, 6.07) is 17.5. The number of benzene rings is 2. The third kappa shape index (κ3) is 5.90. The first-order valence-electron chi connectivity index (χ1n) is 10.6. The van der Waals surface area contributed by atoms with Crippen molar-refractivity contribution in [2.24, 2.45) is 5.92 Å². The molecule has 0 radical (unpaired) electrons. The SMILES string of the molecule is CCCOc1ccc([C@H]2CC[C@H](C#Cc3ccc(CCC)cc3)CC2)cc1. The van der Waals surface area contributed by atoms with Crippen LogP contribution in [-0.2, 0) is 6.42 Å². The Morgan fingerprint density at radius 2 is 1.56 bits per heavy atom. The first kappa shape index (κ1) is 19.6. The molecule has 1 aliphatic rings. The molecule has 1 nitrogen and oxygen atoms in total. The second-order valence-electron chi connectivity index (χ2n) is 7.68. The lowest BCUT2D eigenvalue weighted by molar-refractivity contribution is 0.317. The quantitative estimate of drug-likeness (QED) is 0.517. The van der Waals surface area contributed by atoms with Gasteiger partial charge in [-0.05, 0) is 79.8 Å². The minimum Gasteiger partial charge on any atom is -0.494 e. The molecule has 0 unspecified atom stereocenters. The zero-order valence-electron chi connectivity index (χ0n) is 16.8. The van der Waals surface area contributed by atoms with Crippen LogP contribution in [0.5, 0.6) is 5.75 Å². The summed E-state index contributed by atoms with van der Waals surface area (Å²) in [5.74, 6) is 9.14.